The minimum absolute atomic E-state index is 0.0778. The summed E-state index contributed by atoms with van der Waals surface area (Å²) in [6.07, 6.45) is 1.80. The molecule has 1 fully saturated rings. The predicted molar refractivity (Wildman–Crippen MR) is 153 cm³/mol. The van der Waals surface area contributed by atoms with Crippen LogP contribution in [0.4, 0.5) is 9.52 Å². The Balaban J connectivity index is 1.44. The number of carbonyl (C=O) groups excluding carboxylic acids is 2. The summed E-state index contributed by atoms with van der Waals surface area (Å²) in [5.41, 5.74) is 2.93. The van der Waals surface area contributed by atoms with E-state index in [2.05, 4.69) is 15.2 Å². The topological polar surface area (TPSA) is 121 Å². The number of aromatic hydroxyl groups is 1. The summed E-state index contributed by atoms with van der Waals surface area (Å²) in [5.74, 6) is -2.37. The van der Waals surface area contributed by atoms with Crippen molar-refractivity contribution in [3.05, 3.63) is 106 Å². The van der Waals surface area contributed by atoms with Gasteiger partial charge in [-0.3, -0.25) is 14.5 Å². The molecule has 1 atom stereocenters. The highest BCUT2D eigenvalue weighted by Crippen LogP contribution is 2.44. The number of thioether (sulfide) groups is 1. The van der Waals surface area contributed by atoms with E-state index in [0.717, 1.165) is 16.9 Å². The maximum atomic E-state index is 14.1. The number of imidazole rings is 1. The Labute approximate surface area is 241 Å². The lowest BCUT2D eigenvalue weighted by molar-refractivity contribution is -0.132. The average Bonchev–Trinajstić information content (AvgIpc) is 3.63. The number of aliphatic hydroxyl groups excluding tert-OH is 1. The number of phenols is 1. The molecule has 12 heteroatoms. The molecule has 0 aliphatic carbocycles. The van der Waals surface area contributed by atoms with E-state index in [0.29, 0.717) is 32.6 Å². The largest absolute Gasteiger partial charge is 0.508 e. The maximum absolute atomic E-state index is 14.1. The molecular formula is C29H22FN5O4S2. The van der Waals surface area contributed by atoms with Gasteiger partial charge >= 0.3 is 5.91 Å². The lowest BCUT2D eigenvalue weighted by Gasteiger charge is -2.22. The summed E-state index contributed by atoms with van der Waals surface area (Å²) in [6, 6.07) is 15.1. The van der Waals surface area contributed by atoms with Crippen molar-refractivity contribution < 1.29 is 24.2 Å². The van der Waals surface area contributed by atoms with Crippen LogP contribution < -0.4 is 4.90 Å². The number of phenolic OH excluding ortho intramolecular Hbond substituents is 1. The number of halogens is 1. The lowest BCUT2D eigenvalue weighted by Crippen LogP contribution is -2.29. The molecule has 0 spiro atoms. The van der Waals surface area contributed by atoms with Crippen molar-refractivity contribution in [2.45, 2.75) is 30.0 Å². The van der Waals surface area contributed by atoms with Crippen molar-refractivity contribution in [3.8, 4) is 5.75 Å². The van der Waals surface area contributed by atoms with Gasteiger partial charge in [-0.15, -0.1) is 10.2 Å². The van der Waals surface area contributed by atoms with Gasteiger partial charge in [-0.1, -0.05) is 59.5 Å². The molecule has 0 bridgehead atoms. The molecule has 1 saturated heterocycles. The van der Waals surface area contributed by atoms with Crippen molar-refractivity contribution in [3.63, 3.8) is 0 Å². The van der Waals surface area contributed by atoms with E-state index >= 15 is 0 Å². The van der Waals surface area contributed by atoms with Crippen LogP contribution >= 0.6 is 23.1 Å². The smallest absolute Gasteiger partial charge is 0.301 e. The number of nitrogens with zero attached hydrogens (tertiary/aromatic N) is 5. The molecule has 6 rings (SSSR count). The van der Waals surface area contributed by atoms with Crippen LogP contribution in [0.15, 0.2) is 76.8 Å². The van der Waals surface area contributed by atoms with Crippen molar-refractivity contribution in [1.29, 1.82) is 0 Å². The number of pyridine rings is 1. The zero-order valence-electron chi connectivity index (χ0n) is 21.8. The summed E-state index contributed by atoms with van der Waals surface area (Å²) in [7, 11) is 0. The second-order valence-corrected chi connectivity index (χ2v) is 11.6. The molecule has 1 aliphatic heterocycles. The number of ketones is 1. The third-order valence-corrected chi connectivity index (χ3v) is 8.95. The van der Waals surface area contributed by atoms with Crippen molar-refractivity contribution in [2.24, 2.45) is 0 Å². The molecule has 9 nitrogen and oxygen atoms in total. The number of aliphatic hydroxyl groups is 1. The van der Waals surface area contributed by atoms with Crippen LogP contribution in [-0.4, -0.2) is 41.5 Å². The second-order valence-electron chi connectivity index (χ2n) is 9.43. The molecule has 0 saturated carbocycles. The third-order valence-electron chi connectivity index (χ3n) is 6.85. The number of fused-ring (bicyclic) bond motifs is 1. The van der Waals surface area contributed by atoms with Crippen molar-refractivity contribution >= 4 is 51.3 Å². The standard InChI is InChI=1S/C29H22FN5O4S2/c1-15-7-6-12-34-16(2)22(31-26(15)34)24(37)21-23(17-9-5-10-19(36)13-17)35(27(39)25(21)38)28-32-33-29(41-28)40-14-18-8-3-4-11-20(18)30/h3-13,23,36-37H,14H2,1-2H3. The zero-order valence-corrected chi connectivity index (χ0v) is 23.4. The third kappa shape index (κ3) is 4.64. The number of benzene rings is 2. The van der Waals surface area contributed by atoms with Crippen molar-refractivity contribution in [1.82, 2.24) is 19.6 Å². The number of anilines is 1. The fourth-order valence-electron chi connectivity index (χ4n) is 4.83. The number of rotatable bonds is 6. The molecule has 1 unspecified atom stereocenters. The molecule has 5 aromatic rings. The van der Waals surface area contributed by atoms with Crippen LogP contribution in [0.3, 0.4) is 0 Å². The molecule has 2 aromatic carbocycles. The van der Waals surface area contributed by atoms with E-state index in [1.807, 2.05) is 19.1 Å². The second kappa shape index (κ2) is 10.5. The number of aryl methyl sites for hydroxylation is 2. The molecule has 206 valence electrons. The maximum Gasteiger partial charge on any atom is 0.301 e. The van der Waals surface area contributed by atoms with Gasteiger partial charge in [0.15, 0.2) is 10.1 Å². The van der Waals surface area contributed by atoms with Gasteiger partial charge in [0, 0.05) is 11.9 Å². The number of Topliss-reactive ketones (excluding diaryl/α,β-unsaturated/α-hetero) is 1. The number of hydrogen-bond donors (Lipinski definition) is 2. The first-order valence-corrected chi connectivity index (χ1v) is 14.3. The Kier molecular flexibility index (Phi) is 6.80. The first-order valence-electron chi connectivity index (χ1n) is 12.5. The molecule has 3 aromatic heterocycles. The fourth-order valence-corrected chi connectivity index (χ4v) is 6.68. The molecule has 2 N–H and O–H groups in total. The summed E-state index contributed by atoms with van der Waals surface area (Å²) in [4.78, 5) is 32.8. The van der Waals surface area contributed by atoms with Gasteiger partial charge in [0.05, 0.1) is 17.3 Å². The summed E-state index contributed by atoms with van der Waals surface area (Å²) < 4.78 is 16.4. The predicted octanol–water partition coefficient (Wildman–Crippen LogP) is 5.57. The van der Waals surface area contributed by atoms with E-state index < -0.39 is 23.5 Å². The van der Waals surface area contributed by atoms with E-state index in [1.54, 1.807) is 47.9 Å². The highest BCUT2D eigenvalue weighted by Gasteiger charge is 2.49. The van der Waals surface area contributed by atoms with Crippen molar-refractivity contribution in [2.75, 3.05) is 4.90 Å². The Morgan fingerprint density at radius 3 is 2.63 bits per heavy atom. The molecule has 1 amide bonds. The highest BCUT2D eigenvalue weighted by molar-refractivity contribution is 8.00. The van der Waals surface area contributed by atoms with Gasteiger partial charge in [-0.2, -0.15) is 0 Å². The Morgan fingerprint density at radius 1 is 1.07 bits per heavy atom. The first-order chi connectivity index (χ1) is 19.7. The van der Waals surface area contributed by atoms with Gasteiger partial charge in [0.25, 0.3) is 5.78 Å². The normalized spacial score (nSPS) is 16.7. The van der Waals surface area contributed by atoms with E-state index in [1.165, 1.54) is 34.9 Å². The Hall–Kier alpha value is -4.55. The molecule has 41 heavy (non-hydrogen) atoms. The van der Waals surface area contributed by atoms with Crippen LogP contribution in [0.25, 0.3) is 11.4 Å². The summed E-state index contributed by atoms with van der Waals surface area (Å²) in [5, 5.41) is 30.2. The number of hydrogen-bond acceptors (Lipinski definition) is 9. The van der Waals surface area contributed by atoms with Crippen LogP contribution in [0.1, 0.15) is 34.1 Å². The van der Waals surface area contributed by atoms with E-state index in [4.69, 9.17) is 0 Å². The molecule has 1 aliphatic rings. The summed E-state index contributed by atoms with van der Waals surface area (Å²) >= 11 is 2.31. The van der Waals surface area contributed by atoms with Gasteiger partial charge in [0.1, 0.15) is 22.9 Å². The van der Waals surface area contributed by atoms with Gasteiger partial charge in [-0.25, -0.2) is 9.37 Å². The molecular weight excluding hydrogens is 565 g/mol. The van der Waals surface area contributed by atoms with Crippen LogP contribution in [-0.2, 0) is 15.3 Å². The van der Waals surface area contributed by atoms with Gasteiger partial charge in [0.2, 0.25) is 5.13 Å². The quantitative estimate of drug-likeness (QED) is 0.0870. The highest BCUT2D eigenvalue weighted by atomic mass is 32.2. The number of carbonyl (C=O) groups is 2. The van der Waals surface area contributed by atoms with E-state index in [-0.39, 0.29) is 28.0 Å². The Bertz CT molecular complexity index is 1880. The minimum Gasteiger partial charge on any atom is -0.508 e. The summed E-state index contributed by atoms with van der Waals surface area (Å²) in [6.45, 7) is 3.65. The fraction of sp³-hybridized carbons (Fsp3) is 0.138. The minimum atomic E-state index is -1.11. The number of aromatic nitrogens is 4. The van der Waals surface area contributed by atoms with Crippen LogP contribution in [0.2, 0.25) is 0 Å². The number of amides is 1. The SMILES string of the molecule is Cc1cccn2c(C)c(C(O)=C3C(=O)C(=O)N(c4nnc(SCc5ccccc5F)s4)C3c3cccc(O)c3)nc12. The first kappa shape index (κ1) is 26.7. The van der Waals surface area contributed by atoms with Crippen LogP contribution in [0.5, 0.6) is 5.75 Å². The Morgan fingerprint density at radius 2 is 1.88 bits per heavy atom. The monoisotopic (exact) mass is 587 g/mol. The van der Waals surface area contributed by atoms with Crippen LogP contribution in [0, 0.1) is 19.7 Å². The molecule has 4 heterocycles. The van der Waals surface area contributed by atoms with E-state index in [9.17, 15) is 24.2 Å². The zero-order chi connectivity index (χ0) is 28.8. The lowest BCUT2D eigenvalue weighted by atomic mass is 9.96. The van der Waals surface area contributed by atoms with Gasteiger partial charge < -0.3 is 14.6 Å². The average molecular weight is 588 g/mol. The molecule has 0 radical (unpaired) electrons. The van der Waals surface area contributed by atoms with Gasteiger partial charge in [-0.05, 0) is 54.8 Å².